The number of thiocarbonyl (C=S) groups is 1. The van der Waals surface area contributed by atoms with E-state index in [9.17, 15) is 4.39 Å². The van der Waals surface area contributed by atoms with Gasteiger partial charge in [0.1, 0.15) is 17.3 Å². The number of rotatable bonds is 7. The number of nitrogens with zero attached hydrogens (tertiary/aromatic N) is 1. The van der Waals surface area contributed by atoms with E-state index in [1.165, 1.54) is 6.07 Å². The lowest BCUT2D eigenvalue weighted by Crippen LogP contribution is -2.36. The first-order valence-corrected chi connectivity index (χ1v) is 10.1. The molecular weight excluding hydrogens is 393 g/mol. The summed E-state index contributed by atoms with van der Waals surface area (Å²) in [5.74, 6) is 1.00. The molecule has 0 atom stereocenters. The molecule has 2 aromatic rings. The Labute approximate surface area is 175 Å². The molecule has 6 nitrogen and oxygen atoms in total. The van der Waals surface area contributed by atoms with Crippen LogP contribution in [0.25, 0.3) is 0 Å². The molecule has 0 bridgehead atoms. The van der Waals surface area contributed by atoms with Gasteiger partial charge in [0.05, 0.1) is 43.5 Å². The molecule has 29 heavy (non-hydrogen) atoms. The number of morpholine rings is 1. The molecule has 1 saturated heterocycles. The molecule has 1 aliphatic heterocycles. The van der Waals surface area contributed by atoms with E-state index in [2.05, 4.69) is 15.5 Å². The van der Waals surface area contributed by atoms with E-state index >= 15 is 0 Å². The monoisotopic (exact) mass is 419 g/mol. The highest BCUT2D eigenvalue weighted by atomic mass is 32.1. The maximum atomic E-state index is 13.9. The molecule has 0 saturated carbocycles. The van der Waals surface area contributed by atoms with Crippen molar-refractivity contribution < 1.29 is 18.6 Å². The van der Waals surface area contributed by atoms with Crippen molar-refractivity contribution >= 4 is 34.4 Å². The molecule has 0 aliphatic carbocycles. The maximum Gasteiger partial charge on any atom is 0.175 e. The van der Waals surface area contributed by atoms with E-state index in [0.717, 1.165) is 24.5 Å². The summed E-state index contributed by atoms with van der Waals surface area (Å²) in [6.07, 6.45) is 0. The van der Waals surface area contributed by atoms with E-state index < -0.39 is 0 Å². The fourth-order valence-corrected chi connectivity index (χ4v) is 3.30. The van der Waals surface area contributed by atoms with E-state index in [4.69, 9.17) is 26.4 Å². The molecule has 3 rings (SSSR count). The van der Waals surface area contributed by atoms with Gasteiger partial charge in [0.2, 0.25) is 0 Å². The SMILES string of the molecule is CCOc1cc(N2CCOCC2)c(OCC)cc1NC(=S)Nc1ccccc1F. The number of hydrogen-bond acceptors (Lipinski definition) is 5. The van der Waals surface area contributed by atoms with Gasteiger partial charge >= 0.3 is 0 Å². The Balaban J connectivity index is 1.86. The van der Waals surface area contributed by atoms with Crippen LogP contribution in [0.15, 0.2) is 36.4 Å². The van der Waals surface area contributed by atoms with E-state index in [0.29, 0.717) is 43.6 Å². The Morgan fingerprint density at radius 2 is 1.69 bits per heavy atom. The molecular formula is C21H26FN3O3S. The first kappa shape index (κ1) is 21.1. The maximum absolute atomic E-state index is 13.9. The third-order valence-electron chi connectivity index (χ3n) is 4.38. The van der Waals surface area contributed by atoms with E-state index in [1.807, 2.05) is 26.0 Å². The zero-order valence-electron chi connectivity index (χ0n) is 16.7. The van der Waals surface area contributed by atoms with Gasteiger partial charge in [-0.05, 0) is 38.2 Å². The van der Waals surface area contributed by atoms with Gasteiger partial charge in [-0.2, -0.15) is 0 Å². The molecule has 0 spiro atoms. The van der Waals surface area contributed by atoms with Gasteiger partial charge in [-0.25, -0.2) is 4.39 Å². The molecule has 2 N–H and O–H groups in total. The van der Waals surface area contributed by atoms with Crippen LogP contribution < -0.4 is 25.0 Å². The van der Waals surface area contributed by atoms with Crippen LogP contribution in [0.5, 0.6) is 11.5 Å². The topological polar surface area (TPSA) is 55.0 Å². The van der Waals surface area contributed by atoms with E-state index in [-0.39, 0.29) is 10.9 Å². The molecule has 8 heteroatoms. The fourth-order valence-electron chi connectivity index (χ4n) is 3.08. The normalized spacial score (nSPS) is 13.7. The van der Waals surface area contributed by atoms with Crippen molar-refractivity contribution in [3.05, 3.63) is 42.2 Å². The lowest BCUT2D eigenvalue weighted by Gasteiger charge is -2.31. The molecule has 0 amide bonds. The molecule has 1 aliphatic rings. The standard InChI is InChI=1S/C21H26FN3O3S/c1-3-27-19-14-18(25-9-11-26-12-10-25)20(28-4-2)13-17(19)24-21(29)23-16-8-6-5-7-15(16)22/h5-8,13-14H,3-4,9-12H2,1-2H3,(H2,23,24,29). The summed E-state index contributed by atoms with van der Waals surface area (Å²) < 4.78 is 31.1. The minimum Gasteiger partial charge on any atom is -0.492 e. The number of para-hydroxylation sites is 1. The van der Waals surface area contributed by atoms with Gasteiger partial charge in [0.15, 0.2) is 5.11 Å². The average molecular weight is 420 g/mol. The highest BCUT2D eigenvalue weighted by Crippen LogP contribution is 2.39. The lowest BCUT2D eigenvalue weighted by atomic mass is 10.2. The highest BCUT2D eigenvalue weighted by molar-refractivity contribution is 7.80. The smallest absolute Gasteiger partial charge is 0.175 e. The number of benzene rings is 2. The first-order chi connectivity index (χ1) is 14.1. The Kier molecular flexibility index (Phi) is 7.48. The Hall–Kier alpha value is -2.58. The van der Waals surface area contributed by atoms with Crippen molar-refractivity contribution in [2.24, 2.45) is 0 Å². The van der Waals surface area contributed by atoms with Crippen LogP contribution in [0.2, 0.25) is 0 Å². The summed E-state index contributed by atoms with van der Waals surface area (Å²) in [6.45, 7) is 7.80. The van der Waals surface area contributed by atoms with Crippen molar-refractivity contribution in [2.75, 3.05) is 55.1 Å². The summed E-state index contributed by atoms with van der Waals surface area (Å²) in [6, 6.07) is 10.2. The second kappa shape index (κ2) is 10.3. The van der Waals surface area contributed by atoms with Gasteiger partial charge in [0.25, 0.3) is 0 Å². The third-order valence-corrected chi connectivity index (χ3v) is 4.59. The van der Waals surface area contributed by atoms with Crippen LogP contribution in [0, 0.1) is 5.82 Å². The van der Waals surface area contributed by atoms with Crippen molar-refractivity contribution in [1.29, 1.82) is 0 Å². The molecule has 0 unspecified atom stereocenters. The summed E-state index contributed by atoms with van der Waals surface area (Å²) in [4.78, 5) is 2.22. The number of ether oxygens (including phenoxy) is 3. The third kappa shape index (κ3) is 5.48. The molecule has 2 aromatic carbocycles. The summed E-state index contributed by atoms with van der Waals surface area (Å²) in [5, 5.41) is 6.25. The summed E-state index contributed by atoms with van der Waals surface area (Å²) >= 11 is 5.38. The predicted octanol–water partition coefficient (Wildman–Crippen LogP) is 4.27. The minimum atomic E-state index is -0.376. The second-order valence-corrected chi connectivity index (χ2v) is 6.75. The molecule has 1 fully saturated rings. The van der Waals surface area contributed by atoms with Gasteiger partial charge in [-0.15, -0.1) is 0 Å². The fraction of sp³-hybridized carbons (Fsp3) is 0.381. The van der Waals surface area contributed by atoms with Crippen molar-refractivity contribution in [3.63, 3.8) is 0 Å². The number of anilines is 3. The Morgan fingerprint density at radius 1 is 1.03 bits per heavy atom. The van der Waals surface area contributed by atoms with Crippen LogP contribution in [0.1, 0.15) is 13.8 Å². The van der Waals surface area contributed by atoms with Crippen LogP contribution in [0.4, 0.5) is 21.5 Å². The molecule has 156 valence electrons. The average Bonchev–Trinajstić information content (AvgIpc) is 2.72. The zero-order valence-corrected chi connectivity index (χ0v) is 17.5. The van der Waals surface area contributed by atoms with Crippen molar-refractivity contribution in [3.8, 4) is 11.5 Å². The van der Waals surface area contributed by atoms with Gasteiger partial charge in [-0.1, -0.05) is 12.1 Å². The number of hydrogen-bond donors (Lipinski definition) is 2. The molecule has 0 aromatic heterocycles. The van der Waals surface area contributed by atoms with Crippen LogP contribution in [-0.2, 0) is 4.74 Å². The quantitative estimate of drug-likeness (QED) is 0.650. The van der Waals surface area contributed by atoms with Gasteiger partial charge < -0.3 is 29.7 Å². The van der Waals surface area contributed by atoms with Crippen LogP contribution in [-0.4, -0.2) is 44.6 Å². The lowest BCUT2D eigenvalue weighted by molar-refractivity contribution is 0.122. The minimum absolute atomic E-state index is 0.262. The van der Waals surface area contributed by atoms with E-state index in [1.54, 1.807) is 18.2 Å². The molecule has 1 heterocycles. The van der Waals surface area contributed by atoms with Gasteiger partial charge in [0, 0.05) is 25.2 Å². The second-order valence-electron chi connectivity index (χ2n) is 6.34. The summed E-state index contributed by atoms with van der Waals surface area (Å²) in [5.41, 5.74) is 1.91. The Bertz CT molecular complexity index is 844. The predicted molar refractivity (Wildman–Crippen MR) is 118 cm³/mol. The number of nitrogens with one attached hydrogen (secondary N) is 2. The van der Waals surface area contributed by atoms with Crippen molar-refractivity contribution in [1.82, 2.24) is 0 Å². The summed E-state index contributed by atoms with van der Waals surface area (Å²) in [7, 11) is 0. The zero-order chi connectivity index (χ0) is 20.6. The first-order valence-electron chi connectivity index (χ1n) is 9.71. The van der Waals surface area contributed by atoms with Crippen LogP contribution in [0.3, 0.4) is 0 Å². The van der Waals surface area contributed by atoms with Gasteiger partial charge in [-0.3, -0.25) is 0 Å². The van der Waals surface area contributed by atoms with Crippen LogP contribution >= 0.6 is 12.2 Å². The Morgan fingerprint density at radius 3 is 2.38 bits per heavy atom. The molecule has 0 radical (unpaired) electrons. The largest absolute Gasteiger partial charge is 0.492 e. The highest BCUT2D eigenvalue weighted by Gasteiger charge is 2.20. The number of halogens is 1. The van der Waals surface area contributed by atoms with Crippen molar-refractivity contribution in [2.45, 2.75) is 13.8 Å².